The summed E-state index contributed by atoms with van der Waals surface area (Å²) in [5.41, 5.74) is 2.71. The molecular formula is C22H27NOS2. The molecule has 2 unspecified atom stereocenters. The van der Waals surface area contributed by atoms with Gasteiger partial charge in [-0.2, -0.15) is 0 Å². The zero-order chi connectivity index (χ0) is 17.6. The Morgan fingerprint density at radius 3 is 2.35 bits per heavy atom. The Morgan fingerprint density at radius 2 is 1.73 bits per heavy atom. The Bertz CT molecular complexity index is 694. The number of nitrogens with zero attached hydrogens (tertiary/aromatic N) is 1. The molecule has 0 aromatic heterocycles. The lowest BCUT2D eigenvalue weighted by molar-refractivity contribution is -0.136. The van der Waals surface area contributed by atoms with E-state index in [2.05, 4.69) is 64.8 Å². The third-order valence-corrected chi connectivity index (χ3v) is 10.9. The lowest BCUT2D eigenvalue weighted by atomic mass is 9.79. The van der Waals surface area contributed by atoms with Gasteiger partial charge in [-0.15, -0.1) is 23.5 Å². The van der Waals surface area contributed by atoms with Gasteiger partial charge in [0, 0.05) is 30.5 Å². The van der Waals surface area contributed by atoms with E-state index in [-0.39, 0.29) is 5.92 Å². The van der Waals surface area contributed by atoms with E-state index < -0.39 is 0 Å². The molecule has 138 valence electrons. The van der Waals surface area contributed by atoms with Gasteiger partial charge >= 0.3 is 0 Å². The largest absolute Gasteiger partial charge is 0.338 e. The van der Waals surface area contributed by atoms with E-state index in [1.165, 1.54) is 35.5 Å². The highest BCUT2D eigenvalue weighted by molar-refractivity contribution is 8.21. The molecule has 2 nitrogen and oxygen atoms in total. The Labute approximate surface area is 165 Å². The highest BCUT2D eigenvalue weighted by Gasteiger charge is 2.57. The fraction of sp³-hybridized carbons (Fsp3) is 0.591. The molecular weight excluding hydrogens is 358 g/mol. The first-order valence-corrected chi connectivity index (χ1v) is 12.0. The number of benzene rings is 1. The molecule has 2 aliphatic carbocycles. The zero-order valence-corrected chi connectivity index (χ0v) is 16.9. The first-order valence-electron chi connectivity index (χ1n) is 10.1. The molecule has 26 heavy (non-hydrogen) atoms. The van der Waals surface area contributed by atoms with Crippen molar-refractivity contribution in [2.24, 2.45) is 17.8 Å². The summed E-state index contributed by atoms with van der Waals surface area (Å²) in [6.45, 7) is 1.68. The Kier molecular flexibility index (Phi) is 4.60. The highest BCUT2D eigenvalue weighted by atomic mass is 32.2. The van der Waals surface area contributed by atoms with Crippen LogP contribution in [-0.4, -0.2) is 39.5 Å². The van der Waals surface area contributed by atoms with Crippen LogP contribution in [0.4, 0.5) is 0 Å². The van der Waals surface area contributed by atoms with Crippen molar-refractivity contribution in [1.82, 2.24) is 4.90 Å². The SMILES string of the molecule is O=C(C1CC2CCC(C1)C21SCCS1)N1CC=C(c2ccccc2)CC1. The van der Waals surface area contributed by atoms with Crippen LogP contribution in [0.15, 0.2) is 36.4 Å². The predicted molar refractivity (Wildman–Crippen MR) is 112 cm³/mol. The van der Waals surface area contributed by atoms with Crippen LogP contribution in [0.2, 0.25) is 0 Å². The molecule has 2 heterocycles. The highest BCUT2D eigenvalue weighted by Crippen LogP contribution is 2.66. The first kappa shape index (κ1) is 17.2. The zero-order valence-electron chi connectivity index (χ0n) is 15.2. The number of amides is 1. The molecule has 4 aliphatic rings. The van der Waals surface area contributed by atoms with Crippen LogP contribution in [0.3, 0.4) is 0 Å². The number of rotatable bonds is 2. The van der Waals surface area contributed by atoms with Gasteiger partial charge in [0.05, 0.1) is 4.08 Å². The summed E-state index contributed by atoms with van der Waals surface area (Å²) in [5, 5.41) is 0. The maximum atomic E-state index is 13.2. The Hall–Kier alpha value is -0.870. The first-order chi connectivity index (χ1) is 12.8. The van der Waals surface area contributed by atoms with Gasteiger partial charge in [0.2, 0.25) is 5.91 Å². The molecule has 2 bridgehead atoms. The van der Waals surface area contributed by atoms with E-state index in [9.17, 15) is 4.79 Å². The minimum absolute atomic E-state index is 0.284. The lowest BCUT2D eigenvalue weighted by Crippen LogP contribution is -2.45. The van der Waals surface area contributed by atoms with E-state index in [0.717, 1.165) is 44.2 Å². The second kappa shape index (κ2) is 6.94. The topological polar surface area (TPSA) is 20.3 Å². The monoisotopic (exact) mass is 385 g/mol. The molecule has 0 radical (unpaired) electrons. The molecule has 2 saturated carbocycles. The van der Waals surface area contributed by atoms with E-state index >= 15 is 0 Å². The summed E-state index contributed by atoms with van der Waals surface area (Å²) >= 11 is 4.44. The minimum Gasteiger partial charge on any atom is -0.338 e. The summed E-state index contributed by atoms with van der Waals surface area (Å²) < 4.78 is 0.485. The molecule has 1 spiro atoms. The summed E-state index contributed by atoms with van der Waals surface area (Å²) in [7, 11) is 0. The number of carbonyl (C=O) groups excluding carboxylic acids is 1. The quantitative estimate of drug-likeness (QED) is 0.721. The van der Waals surface area contributed by atoms with Crippen molar-refractivity contribution in [2.75, 3.05) is 24.6 Å². The van der Waals surface area contributed by atoms with E-state index in [4.69, 9.17) is 0 Å². The van der Waals surface area contributed by atoms with Gasteiger partial charge in [-0.3, -0.25) is 4.79 Å². The van der Waals surface area contributed by atoms with E-state index in [1.807, 2.05) is 0 Å². The molecule has 1 aromatic carbocycles. The van der Waals surface area contributed by atoms with Crippen LogP contribution in [0.5, 0.6) is 0 Å². The van der Waals surface area contributed by atoms with Gasteiger partial charge in [0.15, 0.2) is 0 Å². The van der Waals surface area contributed by atoms with Crippen molar-refractivity contribution in [1.29, 1.82) is 0 Å². The standard InChI is InChI=1S/C22H27NOS2/c24-21(23-10-8-17(9-11-23)16-4-2-1-3-5-16)18-14-19-6-7-20(15-18)22(19)25-12-13-26-22/h1-5,8,18-20H,6-7,9-15H2. The van der Waals surface area contributed by atoms with Crippen molar-refractivity contribution in [3.8, 4) is 0 Å². The lowest BCUT2D eigenvalue weighted by Gasteiger charge is -2.43. The normalized spacial score (nSPS) is 32.7. The van der Waals surface area contributed by atoms with Gasteiger partial charge < -0.3 is 4.90 Å². The fourth-order valence-corrected chi connectivity index (χ4v) is 9.58. The van der Waals surface area contributed by atoms with Gasteiger partial charge in [0.1, 0.15) is 0 Å². The second-order valence-electron chi connectivity index (χ2n) is 8.19. The molecule has 3 fully saturated rings. The summed E-state index contributed by atoms with van der Waals surface area (Å²) in [5.74, 6) is 4.89. The van der Waals surface area contributed by atoms with Crippen molar-refractivity contribution < 1.29 is 4.79 Å². The van der Waals surface area contributed by atoms with Gasteiger partial charge in [0.25, 0.3) is 0 Å². The van der Waals surface area contributed by atoms with Crippen LogP contribution < -0.4 is 0 Å². The van der Waals surface area contributed by atoms with E-state index in [0.29, 0.717) is 9.99 Å². The van der Waals surface area contributed by atoms with Crippen LogP contribution >= 0.6 is 23.5 Å². The van der Waals surface area contributed by atoms with Gasteiger partial charge in [-0.05, 0) is 55.1 Å². The molecule has 1 aromatic rings. The van der Waals surface area contributed by atoms with Crippen LogP contribution in [0.1, 0.15) is 37.7 Å². The van der Waals surface area contributed by atoms with Crippen molar-refractivity contribution in [2.45, 2.75) is 36.2 Å². The van der Waals surface area contributed by atoms with Crippen LogP contribution in [0, 0.1) is 17.8 Å². The predicted octanol–water partition coefficient (Wildman–Crippen LogP) is 4.91. The third kappa shape index (κ3) is 2.84. The van der Waals surface area contributed by atoms with Gasteiger partial charge in [-0.25, -0.2) is 0 Å². The van der Waals surface area contributed by atoms with Crippen molar-refractivity contribution in [3.05, 3.63) is 42.0 Å². The van der Waals surface area contributed by atoms with Gasteiger partial charge in [-0.1, -0.05) is 36.4 Å². The smallest absolute Gasteiger partial charge is 0.225 e. The fourth-order valence-electron chi connectivity index (χ4n) is 5.64. The molecule has 2 aliphatic heterocycles. The van der Waals surface area contributed by atoms with Crippen LogP contribution in [-0.2, 0) is 4.79 Å². The number of thioether (sulfide) groups is 2. The molecule has 0 N–H and O–H groups in total. The van der Waals surface area contributed by atoms with Crippen LogP contribution in [0.25, 0.3) is 5.57 Å². The van der Waals surface area contributed by atoms with E-state index in [1.54, 1.807) is 0 Å². The van der Waals surface area contributed by atoms with Crippen molar-refractivity contribution >= 4 is 35.0 Å². The Morgan fingerprint density at radius 1 is 1.04 bits per heavy atom. The number of hydrogen-bond acceptors (Lipinski definition) is 3. The summed E-state index contributed by atoms with van der Waals surface area (Å²) in [6, 6.07) is 10.6. The third-order valence-electron chi connectivity index (χ3n) is 6.89. The summed E-state index contributed by atoms with van der Waals surface area (Å²) in [6.07, 6.45) is 8.25. The molecule has 5 rings (SSSR count). The number of carbonyl (C=O) groups is 1. The average Bonchev–Trinajstić information content (AvgIpc) is 3.23. The molecule has 1 amide bonds. The molecule has 2 atom stereocenters. The average molecular weight is 386 g/mol. The second-order valence-corrected chi connectivity index (χ2v) is 11.2. The Balaban J connectivity index is 1.25. The van der Waals surface area contributed by atoms with Crippen molar-refractivity contribution in [3.63, 3.8) is 0 Å². The molecule has 4 heteroatoms. The summed E-state index contributed by atoms with van der Waals surface area (Å²) in [4.78, 5) is 15.3. The number of hydrogen-bond donors (Lipinski definition) is 0. The minimum atomic E-state index is 0.284. The maximum absolute atomic E-state index is 13.2. The molecule has 1 saturated heterocycles. The maximum Gasteiger partial charge on any atom is 0.225 e.